The first-order valence-electron chi connectivity index (χ1n) is 14.2. The molecule has 4 rings (SSSR count). The Morgan fingerprint density at radius 2 is 1.82 bits per heavy atom. The molecule has 0 saturated carbocycles. The van der Waals surface area contributed by atoms with E-state index in [2.05, 4.69) is 20.6 Å². The molecule has 1 amide bonds. The number of anilines is 1. The van der Waals surface area contributed by atoms with E-state index in [1.165, 1.54) is 7.11 Å². The van der Waals surface area contributed by atoms with Crippen LogP contribution in [0.25, 0.3) is 0 Å². The number of nitrogens with one attached hydrogen (secondary N) is 1. The number of hydrogen-bond donors (Lipinski definition) is 1. The number of alkyl halides is 3. The normalized spacial score (nSPS) is 15.2. The Kier molecular flexibility index (Phi) is 10.2. The van der Waals surface area contributed by atoms with Crippen molar-refractivity contribution in [3.05, 3.63) is 63.7 Å². The number of halogens is 3. The summed E-state index contributed by atoms with van der Waals surface area (Å²) >= 11 is 0. The van der Waals surface area contributed by atoms with Crippen molar-refractivity contribution in [3.63, 3.8) is 0 Å². The molecule has 44 heavy (non-hydrogen) atoms. The Morgan fingerprint density at radius 1 is 1.14 bits per heavy atom. The number of ether oxygens (including phenoxy) is 3. The van der Waals surface area contributed by atoms with Crippen LogP contribution in [0.4, 0.5) is 23.7 Å². The van der Waals surface area contributed by atoms with Crippen LogP contribution < -0.4 is 15.6 Å². The van der Waals surface area contributed by atoms with Gasteiger partial charge in [-0.05, 0) is 58.2 Å². The number of nitrogens with zero attached hydrogens (tertiary/aromatic N) is 5. The SMILES string of the molecule is COc1ccc(Cn2ncc(NC(C)COCc3nnc(C4CCN(C(=O)OC(C)(C)C)CC4)o3)c(C(F)(F)F)c2=O)cc1. The summed E-state index contributed by atoms with van der Waals surface area (Å²) in [7, 11) is 1.50. The molecule has 2 aromatic heterocycles. The standard InChI is InChI=1S/C29H37F3N6O6/c1-18(16-42-17-23-35-36-25(43-23)20-10-12-37(13-11-20)27(40)44-28(2,3)4)34-22-14-33-38(26(39)24(22)29(30,31)32)15-19-6-8-21(41-5)9-7-19/h6-9,14,18,20,34H,10-13,15-17H2,1-5H3. The number of rotatable bonds is 10. The topological polar surface area (TPSA) is 134 Å². The van der Waals surface area contributed by atoms with Gasteiger partial charge in [0.25, 0.3) is 5.56 Å². The lowest BCUT2D eigenvalue weighted by molar-refractivity contribution is -0.138. The van der Waals surface area contributed by atoms with Crippen molar-refractivity contribution in [2.24, 2.45) is 0 Å². The fourth-order valence-corrected chi connectivity index (χ4v) is 4.64. The van der Waals surface area contributed by atoms with Crippen molar-refractivity contribution in [1.29, 1.82) is 0 Å². The number of likely N-dealkylation sites (tertiary alicyclic amines) is 1. The number of carbonyl (C=O) groups excluding carboxylic acids is 1. The second kappa shape index (κ2) is 13.7. The average Bonchev–Trinajstić information content (AvgIpc) is 3.42. The lowest BCUT2D eigenvalue weighted by Crippen LogP contribution is -2.41. The van der Waals surface area contributed by atoms with Gasteiger partial charge in [0.05, 0.1) is 32.1 Å². The molecular formula is C29H37F3N6O6. The van der Waals surface area contributed by atoms with Gasteiger partial charge in [0.2, 0.25) is 11.8 Å². The zero-order chi connectivity index (χ0) is 32.1. The van der Waals surface area contributed by atoms with E-state index in [0.717, 1.165) is 10.9 Å². The average molecular weight is 623 g/mol. The molecule has 1 aliphatic heterocycles. The largest absolute Gasteiger partial charge is 0.497 e. The first-order valence-corrected chi connectivity index (χ1v) is 14.2. The summed E-state index contributed by atoms with van der Waals surface area (Å²) < 4.78 is 64.5. The number of methoxy groups -OCH3 is 1. The zero-order valence-electron chi connectivity index (χ0n) is 25.3. The van der Waals surface area contributed by atoms with Gasteiger partial charge in [-0.3, -0.25) is 4.79 Å². The monoisotopic (exact) mass is 622 g/mol. The number of hydrogen-bond acceptors (Lipinski definition) is 10. The molecule has 3 heterocycles. The molecule has 0 radical (unpaired) electrons. The van der Waals surface area contributed by atoms with Gasteiger partial charge in [-0.1, -0.05) is 12.1 Å². The quantitative estimate of drug-likeness (QED) is 0.335. The predicted octanol–water partition coefficient (Wildman–Crippen LogP) is 4.83. The highest BCUT2D eigenvalue weighted by atomic mass is 19.4. The highest BCUT2D eigenvalue weighted by Gasteiger charge is 2.38. The number of piperidine rings is 1. The second-order valence-corrected chi connectivity index (χ2v) is 11.6. The Balaban J connectivity index is 1.30. The van der Waals surface area contributed by atoms with Crippen LogP contribution in [-0.2, 0) is 28.8 Å². The number of amides is 1. The van der Waals surface area contributed by atoms with Crippen molar-refractivity contribution in [1.82, 2.24) is 24.9 Å². The van der Waals surface area contributed by atoms with Crippen molar-refractivity contribution in [2.45, 2.75) is 77.4 Å². The Hall–Kier alpha value is -4.14. The molecule has 3 aromatic rings. The van der Waals surface area contributed by atoms with Gasteiger partial charge in [0, 0.05) is 25.0 Å². The van der Waals surface area contributed by atoms with Crippen LogP contribution in [0.1, 0.15) is 69.4 Å². The molecule has 12 nitrogen and oxygen atoms in total. The smallest absolute Gasteiger partial charge is 0.423 e. The molecule has 1 N–H and O–H groups in total. The van der Waals surface area contributed by atoms with Crippen LogP contribution in [0.15, 0.2) is 39.7 Å². The molecule has 15 heteroatoms. The second-order valence-electron chi connectivity index (χ2n) is 11.6. The maximum atomic E-state index is 14.0. The molecule has 0 bridgehead atoms. The van der Waals surface area contributed by atoms with Gasteiger partial charge in [-0.25, -0.2) is 9.48 Å². The summed E-state index contributed by atoms with van der Waals surface area (Å²) in [4.78, 5) is 26.8. The van der Waals surface area contributed by atoms with E-state index in [1.54, 1.807) is 36.1 Å². The molecule has 0 aliphatic carbocycles. The van der Waals surface area contributed by atoms with Crippen LogP contribution in [-0.4, -0.2) is 69.4 Å². The van der Waals surface area contributed by atoms with E-state index in [1.807, 2.05) is 20.8 Å². The summed E-state index contributed by atoms with van der Waals surface area (Å²) in [6, 6.07) is 5.97. The number of carbonyl (C=O) groups is 1. The van der Waals surface area contributed by atoms with E-state index >= 15 is 0 Å². The van der Waals surface area contributed by atoms with Crippen LogP contribution in [0.3, 0.4) is 0 Å². The number of benzene rings is 1. The first kappa shape index (κ1) is 32.8. The minimum absolute atomic E-state index is 0.0157. The highest BCUT2D eigenvalue weighted by Crippen LogP contribution is 2.32. The van der Waals surface area contributed by atoms with Gasteiger partial charge in [-0.15, -0.1) is 10.2 Å². The Bertz CT molecular complexity index is 1460. The van der Waals surface area contributed by atoms with Gasteiger partial charge >= 0.3 is 12.3 Å². The summed E-state index contributed by atoms with van der Waals surface area (Å²) in [6.07, 6.45) is -3.00. The minimum atomic E-state index is -4.91. The molecule has 240 valence electrons. The van der Waals surface area contributed by atoms with Crippen molar-refractivity contribution >= 4 is 11.8 Å². The maximum Gasteiger partial charge on any atom is 0.423 e. The van der Waals surface area contributed by atoms with Gasteiger partial charge in [0.1, 0.15) is 23.5 Å². The third kappa shape index (κ3) is 8.71. The summed E-state index contributed by atoms with van der Waals surface area (Å²) in [5, 5.41) is 14.8. The summed E-state index contributed by atoms with van der Waals surface area (Å²) in [6.45, 7) is 7.85. The molecule has 1 unspecified atom stereocenters. The van der Waals surface area contributed by atoms with Gasteiger partial charge < -0.3 is 28.8 Å². The van der Waals surface area contributed by atoms with Crippen molar-refractivity contribution in [2.75, 3.05) is 32.1 Å². The molecular weight excluding hydrogens is 585 g/mol. The molecule has 1 saturated heterocycles. The van der Waals surface area contributed by atoms with Crippen LogP contribution in [0, 0.1) is 0 Å². The molecule has 1 fully saturated rings. The zero-order valence-corrected chi connectivity index (χ0v) is 25.3. The summed E-state index contributed by atoms with van der Waals surface area (Å²) in [5.41, 5.74) is -3.02. The van der Waals surface area contributed by atoms with E-state index in [9.17, 15) is 22.8 Å². The highest BCUT2D eigenvalue weighted by molar-refractivity contribution is 5.68. The maximum absolute atomic E-state index is 14.0. The minimum Gasteiger partial charge on any atom is -0.497 e. The van der Waals surface area contributed by atoms with Crippen LogP contribution >= 0.6 is 0 Å². The molecule has 1 aromatic carbocycles. The van der Waals surface area contributed by atoms with Crippen molar-refractivity contribution < 1.29 is 36.6 Å². The third-order valence-electron chi connectivity index (χ3n) is 6.79. The van der Waals surface area contributed by atoms with E-state index in [4.69, 9.17) is 18.6 Å². The summed E-state index contributed by atoms with van der Waals surface area (Å²) in [5.74, 6) is 1.23. The predicted molar refractivity (Wildman–Crippen MR) is 152 cm³/mol. The van der Waals surface area contributed by atoms with Crippen LogP contribution in [0.2, 0.25) is 0 Å². The molecule has 1 atom stereocenters. The molecule has 1 aliphatic rings. The fraction of sp³-hybridized carbons (Fsp3) is 0.552. The number of aromatic nitrogens is 4. The van der Waals surface area contributed by atoms with E-state index in [0.29, 0.717) is 43.1 Å². The van der Waals surface area contributed by atoms with Crippen molar-refractivity contribution in [3.8, 4) is 5.75 Å². The van der Waals surface area contributed by atoms with Gasteiger partial charge in [-0.2, -0.15) is 18.3 Å². The van der Waals surface area contributed by atoms with E-state index in [-0.39, 0.29) is 37.7 Å². The van der Waals surface area contributed by atoms with E-state index < -0.39 is 34.6 Å². The van der Waals surface area contributed by atoms with Gasteiger partial charge in [0.15, 0.2) is 0 Å². The molecule has 0 spiro atoms. The Morgan fingerprint density at radius 3 is 2.43 bits per heavy atom. The first-order chi connectivity index (χ1) is 20.7. The Labute approximate surface area is 252 Å². The lowest BCUT2D eigenvalue weighted by atomic mass is 9.97. The third-order valence-corrected chi connectivity index (χ3v) is 6.79. The van der Waals surface area contributed by atoms with Crippen LogP contribution in [0.5, 0.6) is 5.75 Å². The fourth-order valence-electron chi connectivity index (χ4n) is 4.64. The lowest BCUT2D eigenvalue weighted by Gasteiger charge is -2.32.